The predicted molar refractivity (Wildman–Crippen MR) is 154 cm³/mol. The van der Waals surface area contributed by atoms with Gasteiger partial charge in [-0.1, -0.05) is 121 Å². The molecule has 5 heteroatoms. The van der Waals surface area contributed by atoms with Gasteiger partial charge in [0.1, 0.15) is 0 Å². The maximum absolute atomic E-state index is 12.3. The molecule has 4 nitrogen and oxygen atoms in total. The fourth-order valence-corrected chi connectivity index (χ4v) is 5.12. The number of non-ortho nitro benzene ring substituents is 1. The summed E-state index contributed by atoms with van der Waals surface area (Å²) in [6, 6.07) is 14.0. The number of benzene rings is 2. The zero-order chi connectivity index (χ0) is 25.8. The lowest BCUT2D eigenvalue weighted by atomic mass is 10.0. The van der Waals surface area contributed by atoms with Crippen LogP contribution in [0.5, 0.6) is 0 Å². The molecular weight excluding hydrogens is 466 g/mol. The van der Waals surface area contributed by atoms with Crippen LogP contribution >= 0.6 is 11.8 Å². The van der Waals surface area contributed by atoms with E-state index in [0.29, 0.717) is 5.56 Å². The number of carbonyl (C=O) groups excluding carboxylic acids is 1. The van der Waals surface area contributed by atoms with E-state index in [9.17, 15) is 14.9 Å². The lowest BCUT2D eigenvalue weighted by Gasteiger charge is -2.04. The van der Waals surface area contributed by atoms with Gasteiger partial charge in [0.2, 0.25) is 0 Å². The molecule has 2 aromatic carbocycles. The fraction of sp³-hybridized carbons (Fsp3) is 0.516. The molecule has 0 bridgehead atoms. The van der Waals surface area contributed by atoms with Gasteiger partial charge in [-0.3, -0.25) is 14.9 Å². The molecule has 0 heterocycles. The van der Waals surface area contributed by atoms with E-state index in [1.807, 2.05) is 23.9 Å². The van der Waals surface area contributed by atoms with Gasteiger partial charge in [-0.2, -0.15) is 0 Å². The third kappa shape index (κ3) is 13.1. The molecule has 2 aromatic rings. The van der Waals surface area contributed by atoms with Crippen LogP contribution in [-0.4, -0.2) is 16.5 Å². The van der Waals surface area contributed by atoms with Gasteiger partial charge < -0.3 is 0 Å². The first-order valence-corrected chi connectivity index (χ1v) is 14.8. The standard InChI is InChI=1S/C31H43NO3S/c1-2-3-4-5-6-7-8-9-10-11-12-13-14-15-25-36-30-22-19-27(20-23-30)21-24-31(33)28-17-16-18-29(26-28)32(34)35/h16-24,26H,2-15,25H2,1H3. The van der Waals surface area contributed by atoms with Crippen molar-refractivity contribution in [2.24, 2.45) is 0 Å². The van der Waals surface area contributed by atoms with Crippen molar-refractivity contribution in [3.05, 3.63) is 75.8 Å². The van der Waals surface area contributed by atoms with Crippen LogP contribution in [0.4, 0.5) is 5.69 Å². The molecule has 196 valence electrons. The zero-order valence-corrected chi connectivity index (χ0v) is 22.8. The van der Waals surface area contributed by atoms with E-state index >= 15 is 0 Å². The van der Waals surface area contributed by atoms with Crippen molar-refractivity contribution in [3.63, 3.8) is 0 Å². The number of allylic oxidation sites excluding steroid dienone is 1. The number of unbranched alkanes of at least 4 members (excludes halogenated alkanes) is 13. The monoisotopic (exact) mass is 509 g/mol. The Balaban J connectivity index is 1.52. The summed E-state index contributed by atoms with van der Waals surface area (Å²) in [7, 11) is 0. The third-order valence-corrected chi connectivity index (χ3v) is 7.51. The number of nitro groups is 1. The highest BCUT2D eigenvalue weighted by molar-refractivity contribution is 7.99. The van der Waals surface area contributed by atoms with Crippen LogP contribution in [0.2, 0.25) is 0 Å². The number of thioether (sulfide) groups is 1. The Kier molecular flexibility index (Phi) is 15.6. The van der Waals surface area contributed by atoms with Gasteiger partial charge in [0, 0.05) is 22.6 Å². The number of hydrogen-bond acceptors (Lipinski definition) is 4. The second kappa shape index (κ2) is 18.8. The number of nitro benzene ring substituents is 1. The smallest absolute Gasteiger partial charge is 0.270 e. The van der Waals surface area contributed by atoms with Crippen molar-refractivity contribution in [1.82, 2.24) is 0 Å². The zero-order valence-electron chi connectivity index (χ0n) is 22.0. The molecule has 0 spiro atoms. The maximum Gasteiger partial charge on any atom is 0.270 e. The molecule has 0 amide bonds. The van der Waals surface area contributed by atoms with E-state index in [0.717, 1.165) is 11.3 Å². The topological polar surface area (TPSA) is 60.2 Å². The maximum atomic E-state index is 12.3. The number of ketones is 1. The average Bonchev–Trinajstić information content (AvgIpc) is 2.90. The highest BCUT2D eigenvalue weighted by Gasteiger charge is 2.09. The summed E-state index contributed by atoms with van der Waals surface area (Å²) in [5.41, 5.74) is 1.19. The molecule has 0 aliphatic carbocycles. The Hall–Kier alpha value is -2.40. The predicted octanol–water partition coefficient (Wildman–Crippen LogP) is 10.1. The van der Waals surface area contributed by atoms with Crippen LogP contribution in [0.15, 0.2) is 59.5 Å². The lowest BCUT2D eigenvalue weighted by Crippen LogP contribution is -1.96. The van der Waals surface area contributed by atoms with Crippen LogP contribution in [0.1, 0.15) is 113 Å². The Labute approximate surface area is 222 Å². The summed E-state index contributed by atoms with van der Waals surface area (Å²) in [5.74, 6) is 0.897. The number of rotatable bonds is 20. The van der Waals surface area contributed by atoms with Crippen LogP contribution in [0.25, 0.3) is 6.08 Å². The highest BCUT2D eigenvalue weighted by atomic mass is 32.2. The van der Waals surface area contributed by atoms with Gasteiger partial charge in [-0.15, -0.1) is 11.8 Å². The first kappa shape index (κ1) is 29.8. The van der Waals surface area contributed by atoms with Crippen LogP contribution in [-0.2, 0) is 0 Å². The van der Waals surface area contributed by atoms with Crippen molar-refractivity contribution in [2.75, 3.05) is 5.75 Å². The Bertz CT molecular complexity index is 924. The van der Waals surface area contributed by atoms with E-state index in [-0.39, 0.29) is 11.5 Å². The molecule has 36 heavy (non-hydrogen) atoms. The third-order valence-electron chi connectivity index (χ3n) is 6.42. The molecule has 0 unspecified atom stereocenters. The quantitative estimate of drug-likeness (QED) is 0.0445. The molecule has 0 atom stereocenters. The second-order valence-corrected chi connectivity index (χ2v) is 10.7. The normalized spacial score (nSPS) is 11.2. The molecule has 0 saturated heterocycles. The van der Waals surface area contributed by atoms with Gasteiger partial charge in [-0.25, -0.2) is 0 Å². The van der Waals surface area contributed by atoms with E-state index in [1.54, 1.807) is 12.1 Å². The summed E-state index contributed by atoms with van der Waals surface area (Å²) in [6.07, 6.45) is 22.6. The molecule has 0 fully saturated rings. The summed E-state index contributed by atoms with van der Waals surface area (Å²) in [6.45, 7) is 2.28. The molecule has 0 saturated carbocycles. The van der Waals surface area contributed by atoms with E-state index < -0.39 is 4.92 Å². The molecule has 2 rings (SSSR count). The summed E-state index contributed by atoms with van der Waals surface area (Å²) >= 11 is 1.88. The fourth-order valence-electron chi connectivity index (χ4n) is 4.20. The number of nitrogens with zero attached hydrogens (tertiary/aromatic N) is 1. The summed E-state index contributed by atoms with van der Waals surface area (Å²) in [5, 5.41) is 10.9. The highest BCUT2D eigenvalue weighted by Crippen LogP contribution is 2.22. The average molecular weight is 510 g/mol. The largest absolute Gasteiger partial charge is 0.289 e. The van der Waals surface area contributed by atoms with Gasteiger partial charge >= 0.3 is 0 Å². The molecule has 0 aromatic heterocycles. The Morgan fingerprint density at radius 1 is 0.806 bits per heavy atom. The minimum Gasteiger partial charge on any atom is -0.289 e. The van der Waals surface area contributed by atoms with Gasteiger partial charge in [0.25, 0.3) is 5.69 Å². The summed E-state index contributed by atoms with van der Waals surface area (Å²) < 4.78 is 0. The molecule has 0 N–H and O–H groups in total. The van der Waals surface area contributed by atoms with E-state index in [2.05, 4.69) is 19.1 Å². The first-order valence-electron chi connectivity index (χ1n) is 13.8. The van der Waals surface area contributed by atoms with Crippen LogP contribution in [0.3, 0.4) is 0 Å². The van der Waals surface area contributed by atoms with Gasteiger partial charge in [0.15, 0.2) is 5.78 Å². The Morgan fingerprint density at radius 3 is 1.92 bits per heavy atom. The first-order chi connectivity index (χ1) is 17.6. The van der Waals surface area contributed by atoms with Gasteiger partial charge in [-0.05, 0) is 35.9 Å². The molecule has 0 aliphatic rings. The molecule has 0 aliphatic heterocycles. The van der Waals surface area contributed by atoms with Gasteiger partial charge in [0.05, 0.1) is 4.92 Å². The van der Waals surface area contributed by atoms with Crippen molar-refractivity contribution in [1.29, 1.82) is 0 Å². The molecular formula is C31H43NO3S. The van der Waals surface area contributed by atoms with E-state index in [1.165, 1.54) is 119 Å². The number of hydrogen-bond donors (Lipinski definition) is 0. The van der Waals surface area contributed by atoms with Crippen molar-refractivity contribution >= 4 is 29.3 Å². The Morgan fingerprint density at radius 2 is 1.36 bits per heavy atom. The summed E-state index contributed by atoms with van der Waals surface area (Å²) in [4.78, 5) is 24.0. The van der Waals surface area contributed by atoms with Crippen LogP contribution < -0.4 is 0 Å². The van der Waals surface area contributed by atoms with Crippen molar-refractivity contribution < 1.29 is 9.72 Å². The number of carbonyl (C=O) groups is 1. The SMILES string of the molecule is CCCCCCCCCCCCCCCCSc1ccc(C=CC(=O)c2cccc([N+](=O)[O-])c2)cc1. The van der Waals surface area contributed by atoms with Crippen molar-refractivity contribution in [2.45, 2.75) is 102 Å². The minimum atomic E-state index is -0.490. The lowest BCUT2D eigenvalue weighted by molar-refractivity contribution is -0.384. The second-order valence-electron chi connectivity index (χ2n) is 9.52. The minimum absolute atomic E-state index is 0.0746. The molecule has 0 radical (unpaired) electrons. The van der Waals surface area contributed by atoms with E-state index in [4.69, 9.17) is 0 Å². The van der Waals surface area contributed by atoms with Crippen molar-refractivity contribution in [3.8, 4) is 0 Å². The van der Waals surface area contributed by atoms with Crippen LogP contribution in [0, 0.1) is 10.1 Å².